The molecule has 0 bridgehead atoms. The van der Waals surface area contributed by atoms with Crippen LogP contribution in [0.15, 0.2) is 78.0 Å². The van der Waals surface area contributed by atoms with Crippen LogP contribution in [0.5, 0.6) is 5.75 Å². The molecule has 1 saturated heterocycles. The van der Waals surface area contributed by atoms with Gasteiger partial charge in [-0.1, -0.05) is 17.7 Å². The van der Waals surface area contributed by atoms with E-state index in [0.717, 1.165) is 25.2 Å². The minimum atomic E-state index is -3.66. The SMILES string of the molecule is Cc1ccc(S(=O)(=O)N(C)c2ccc(OCC(=O)N3CCN(Cc4ccncc4)CC3)cc2)cc1. The predicted octanol–water partition coefficient (Wildman–Crippen LogP) is 2.94. The van der Waals surface area contributed by atoms with Crippen LogP contribution < -0.4 is 9.04 Å². The number of sulfonamides is 1. The summed E-state index contributed by atoms with van der Waals surface area (Å²) in [7, 11) is -2.15. The average Bonchev–Trinajstić information content (AvgIpc) is 2.88. The third-order valence-electron chi connectivity index (χ3n) is 6.12. The zero-order valence-electron chi connectivity index (χ0n) is 20.0. The first-order valence-electron chi connectivity index (χ1n) is 11.5. The van der Waals surface area contributed by atoms with Gasteiger partial charge in [0, 0.05) is 52.2 Å². The predicted molar refractivity (Wildman–Crippen MR) is 135 cm³/mol. The minimum Gasteiger partial charge on any atom is -0.484 e. The van der Waals surface area contributed by atoms with Crippen LogP contribution in [0.4, 0.5) is 5.69 Å². The van der Waals surface area contributed by atoms with Gasteiger partial charge >= 0.3 is 0 Å². The van der Waals surface area contributed by atoms with Gasteiger partial charge in [-0.3, -0.25) is 19.0 Å². The summed E-state index contributed by atoms with van der Waals surface area (Å²) in [5, 5.41) is 0. The average molecular weight is 495 g/mol. The standard InChI is InChI=1S/C26H30N4O4S/c1-21-3-9-25(10-4-21)35(32,33)28(2)23-5-7-24(8-6-23)34-20-26(31)30-17-15-29(16-18-30)19-22-11-13-27-14-12-22/h3-14H,15-20H2,1-2H3. The van der Waals surface area contributed by atoms with Crippen LogP contribution in [0.1, 0.15) is 11.1 Å². The van der Waals surface area contributed by atoms with Gasteiger partial charge in [-0.25, -0.2) is 8.42 Å². The van der Waals surface area contributed by atoms with Crippen LogP contribution in [0.3, 0.4) is 0 Å². The number of nitrogens with zero attached hydrogens (tertiary/aromatic N) is 4. The molecule has 184 valence electrons. The molecule has 2 heterocycles. The minimum absolute atomic E-state index is 0.0544. The first kappa shape index (κ1) is 24.7. The van der Waals surface area contributed by atoms with Crippen LogP contribution in [-0.4, -0.2) is 68.9 Å². The zero-order chi connectivity index (χ0) is 24.8. The summed E-state index contributed by atoms with van der Waals surface area (Å²) >= 11 is 0. The molecule has 0 aliphatic carbocycles. The lowest BCUT2D eigenvalue weighted by molar-refractivity contribution is -0.135. The topological polar surface area (TPSA) is 83.0 Å². The van der Waals surface area contributed by atoms with Crippen molar-refractivity contribution in [2.45, 2.75) is 18.4 Å². The number of ether oxygens (including phenoxy) is 1. The molecule has 1 aliphatic rings. The number of hydrogen-bond acceptors (Lipinski definition) is 6. The molecule has 9 heteroatoms. The van der Waals surface area contributed by atoms with E-state index in [1.54, 1.807) is 60.9 Å². The second kappa shape index (κ2) is 10.9. The van der Waals surface area contributed by atoms with Gasteiger partial charge in [0.05, 0.1) is 10.6 Å². The lowest BCUT2D eigenvalue weighted by atomic mass is 10.2. The van der Waals surface area contributed by atoms with E-state index in [1.165, 1.54) is 16.9 Å². The fourth-order valence-electron chi connectivity index (χ4n) is 3.90. The molecule has 1 amide bonds. The van der Waals surface area contributed by atoms with Crippen molar-refractivity contribution in [2.75, 3.05) is 44.1 Å². The van der Waals surface area contributed by atoms with Crippen LogP contribution in [-0.2, 0) is 21.4 Å². The van der Waals surface area contributed by atoms with Crippen molar-refractivity contribution in [1.29, 1.82) is 0 Å². The molecule has 1 fully saturated rings. The highest BCUT2D eigenvalue weighted by Crippen LogP contribution is 2.24. The van der Waals surface area contributed by atoms with Crippen molar-refractivity contribution >= 4 is 21.6 Å². The van der Waals surface area contributed by atoms with Gasteiger partial charge in [0.25, 0.3) is 15.9 Å². The third kappa shape index (κ3) is 6.17. The molecular weight excluding hydrogens is 464 g/mol. The monoisotopic (exact) mass is 494 g/mol. The van der Waals surface area contributed by atoms with Gasteiger partial charge in [0.2, 0.25) is 0 Å². The molecule has 1 aliphatic heterocycles. The molecule has 2 aromatic carbocycles. The van der Waals surface area contributed by atoms with Crippen LogP contribution >= 0.6 is 0 Å². The Bertz CT molecular complexity index is 1220. The van der Waals surface area contributed by atoms with Crippen LogP contribution in [0, 0.1) is 6.92 Å². The van der Waals surface area contributed by atoms with E-state index >= 15 is 0 Å². The molecule has 0 saturated carbocycles. The molecule has 0 N–H and O–H groups in total. The van der Waals surface area contributed by atoms with E-state index in [2.05, 4.69) is 9.88 Å². The second-order valence-electron chi connectivity index (χ2n) is 8.58. The van der Waals surface area contributed by atoms with Gasteiger partial charge in [-0.05, 0) is 61.0 Å². The van der Waals surface area contributed by atoms with Crippen molar-refractivity contribution in [3.63, 3.8) is 0 Å². The van der Waals surface area contributed by atoms with Gasteiger partial charge in [-0.15, -0.1) is 0 Å². The van der Waals surface area contributed by atoms with Gasteiger partial charge in [0.15, 0.2) is 6.61 Å². The summed E-state index contributed by atoms with van der Waals surface area (Å²) in [6.45, 7) is 5.65. The molecule has 8 nitrogen and oxygen atoms in total. The highest BCUT2D eigenvalue weighted by atomic mass is 32.2. The summed E-state index contributed by atoms with van der Waals surface area (Å²) in [6, 6.07) is 17.5. The first-order valence-corrected chi connectivity index (χ1v) is 12.9. The lowest BCUT2D eigenvalue weighted by Crippen LogP contribution is -2.49. The van der Waals surface area contributed by atoms with E-state index in [-0.39, 0.29) is 17.4 Å². The fraction of sp³-hybridized carbons (Fsp3) is 0.308. The Morgan fingerprint density at radius 3 is 2.20 bits per heavy atom. The Morgan fingerprint density at radius 2 is 1.57 bits per heavy atom. The molecule has 0 unspecified atom stereocenters. The highest BCUT2D eigenvalue weighted by Gasteiger charge is 2.23. The Labute approximate surface area is 206 Å². The first-order chi connectivity index (χ1) is 16.8. The lowest BCUT2D eigenvalue weighted by Gasteiger charge is -2.34. The number of anilines is 1. The number of carbonyl (C=O) groups excluding carboxylic acids is 1. The fourth-order valence-corrected chi connectivity index (χ4v) is 5.09. The number of rotatable bonds is 8. The maximum Gasteiger partial charge on any atom is 0.264 e. The summed E-state index contributed by atoms with van der Waals surface area (Å²) in [6.07, 6.45) is 3.58. The largest absolute Gasteiger partial charge is 0.484 e. The highest BCUT2D eigenvalue weighted by molar-refractivity contribution is 7.92. The Kier molecular flexibility index (Phi) is 7.67. The molecule has 3 aromatic rings. The van der Waals surface area contributed by atoms with Gasteiger partial charge in [-0.2, -0.15) is 0 Å². The Hall–Kier alpha value is -3.43. The molecule has 0 atom stereocenters. The number of carbonyl (C=O) groups is 1. The third-order valence-corrected chi connectivity index (χ3v) is 7.92. The van der Waals surface area contributed by atoms with E-state index in [0.29, 0.717) is 24.5 Å². The number of hydrogen-bond donors (Lipinski definition) is 0. The van der Waals surface area contributed by atoms with Crippen molar-refractivity contribution in [1.82, 2.24) is 14.8 Å². The number of aryl methyl sites for hydroxylation is 1. The van der Waals surface area contributed by atoms with E-state index in [9.17, 15) is 13.2 Å². The maximum absolute atomic E-state index is 12.9. The van der Waals surface area contributed by atoms with Crippen molar-refractivity contribution in [3.8, 4) is 5.75 Å². The quantitative estimate of drug-likeness (QED) is 0.479. The second-order valence-corrected chi connectivity index (χ2v) is 10.5. The molecule has 0 radical (unpaired) electrons. The summed E-state index contributed by atoms with van der Waals surface area (Å²) < 4.78 is 32.7. The summed E-state index contributed by atoms with van der Waals surface area (Å²) in [5.74, 6) is 0.455. The van der Waals surface area contributed by atoms with Crippen LogP contribution in [0.25, 0.3) is 0 Å². The molecule has 4 rings (SSSR count). The summed E-state index contributed by atoms with van der Waals surface area (Å²) in [4.78, 5) is 21.0. The maximum atomic E-state index is 12.9. The van der Waals surface area contributed by atoms with Crippen molar-refractivity contribution in [3.05, 3.63) is 84.2 Å². The Balaban J connectivity index is 1.27. The number of piperazine rings is 1. The van der Waals surface area contributed by atoms with Crippen molar-refractivity contribution < 1.29 is 17.9 Å². The van der Waals surface area contributed by atoms with E-state index < -0.39 is 10.0 Å². The molecule has 0 spiro atoms. The van der Waals surface area contributed by atoms with E-state index in [4.69, 9.17) is 4.74 Å². The Morgan fingerprint density at radius 1 is 0.943 bits per heavy atom. The number of aromatic nitrogens is 1. The zero-order valence-corrected chi connectivity index (χ0v) is 20.8. The molecular formula is C26H30N4O4S. The van der Waals surface area contributed by atoms with Crippen molar-refractivity contribution in [2.24, 2.45) is 0 Å². The van der Waals surface area contributed by atoms with E-state index in [1.807, 2.05) is 24.0 Å². The normalized spacial score (nSPS) is 14.5. The molecule has 35 heavy (non-hydrogen) atoms. The smallest absolute Gasteiger partial charge is 0.264 e. The van der Waals surface area contributed by atoms with Gasteiger partial charge in [0.1, 0.15) is 5.75 Å². The van der Waals surface area contributed by atoms with Gasteiger partial charge < -0.3 is 9.64 Å². The number of pyridine rings is 1. The summed E-state index contributed by atoms with van der Waals surface area (Å²) in [5.41, 5.74) is 2.72. The number of benzene rings is 2. The van der Waals surface area contributed by atoms with Crippen LogP contribution in [0.2, 0.25) is 0 Å². The number of amides is 1. The molecule has 1 aromatic heterocycles.